The molecule has 2 radical (unpaired) electrons. The van der Waals surface area contributed by atoms with Crippen molar-refractivity contribution in [3.8, 4) is 11.5 Å². The van der Waals surface area contributed by atoms with E-state index in [4.69, 9.17) is 35.0 Å². The van der Waals surface area contributed by atoms with Gasteiger partial charge in [-0.2, -0.15) is 0 Å². The van der Waals surface area contributed by atoms with Crippen LogP contribution in [0.2, 0.25) is 6.80 Å². The fourth-order valence-electron chi connectivity index (χ4n) is 4.32. The Labute approximate surface area is 291 Å². The average Bonchev–Trinajstić information content (AvgIpc) is 2.98. The van der Waals surface area contributed by atoms with E-state index in [-0.39, 0.29) is 23.3 Å². The van der Waals surface area contributed by atoms with Gasteiger partial charge >= 0.3 is 0 Å². The fraction of sp³-hybridized carbons (Fsp3) is 0.625. The van der Waals surface area contributed by atoms with E-state index in [0.717, 1.165) is 79.0 Å². The van der Waals surface area contributed by atoms with Crippen molar-refractivity contribution in [2.75, 3.05) is 37.8 Å². The van der Waals surface area contributed by atoms with E-state index in [1.54, 1.807) is 7.05 Å². The van der Waals surface area contributed by atoms with Crippen LogP contribution in [0.5, 0.6) is 11.5 Å². The van der Waals surface area contributed by atoms with Crippen molar-refractivity contribution in [2.24, 2.45) is 21.6 Å². The number of nitrogens with zero attached hydrogens (tertiary/aromatic N) is 2. The molecule has 0 saturated carbocycles. The monoisotopic (exact) mass is 765 g/mol. The number of phenolic OH excluding ortho intramolecular Hbond substituents is 1. The molecule has 0 heterocycles. The van der Waals surface area contributed by atoms with Crippen LogP contribution in [0, 0.1) is 5.92 Å². The molecule has 0 aromatic heterocycles. The summed E-state index contributed by atoms with van der Waals surface area (Å²) in [7, 11) is 7.76. The number of allylic oxidation sites excluding steroid dienone is 3. The van der Waals surface area contributed by atoms with E-state index in [1.807, 2.05) is 6.07 Å². The first-order chi connectivity index (χ1) is 21.0. The van der Waals surface area contributed by atoms with Crippen molar-refractivity contribution in [3.63, 3.8) is 0 Å². The molecule has 0 unspecified atom stereocenters. The fourth-order valence-corrected chi connectivity index (χ4v) is 4.92. The third-order valence-corrected chi connectivity index (χ3v) is 7.93. The molecule has 1 aromatic rings. The number of nitrogens with two attached hydrogens (primary N) is 1. The number of benzene rings is 1. The number of amidine groups is 1. The molecule has 11 heteroatoms. The van der Waals surface area contributed by atoms with Gasteiger partial charge in [-0.1, -0.05) is 82.2 Å². The molecule has 0 fully saturated rings. The number of nitrogens with one attached hydrogen (secondary N) is 1. The first kappa shape index (κ1) is 42.0. The Hall–Kier alpha value is -0.995. The molecule has 2 rings (SSSR count). The lowest BCUT2D eigenvalue weighted by molar-refractivity contribution is 0.418. The summed E-state index contributed by atoms with van der Waals surface area (Å²) < 4.78 is 12.4. The Morgan fingerprint density at radius 1 is 1.21 bits per heavy atom. The van der Waals surface area contributed by atoms with Crippen LogP contribution in [-0.2, 0) is 6.42 Å². The lowest BCUT2D eigenvalue weighted by Gasteiger charge is -2.32. The van der Waals surface area contributed by atoms with E-state index in [0.29, 0.717) is 17.5 Å². The number of aromatic hydroxyl groups is 1. The number of hydrogen-bond donors (Lipinski definition) is 3. The maximum Gasteiger partial charge on any atom is 0.289 e. The van der Waals surface area contributed by atoms with Gasteiger partial charge in [0.15, 0.2) is 4.63 Å². The van der Waals surface area contributed by atoms with E-state index in [2.05, 4.69) is 94.5 Å². The summed E-state index contributed by atoms with van der Waals surface area (Å²) in [5.74, 6) is 1.33. The molecule has 0 spiro atoms. The Morgan fingerprint density at radius 2 is 1.84 bits per heavy atom. The third-order valence-electron chi connectivity index (χ3n) is 6.47. The standard InChI is InChI=1S/C26H39BrN2O2.C3H8BrN.C2H3Cl2N.CH3B/c1-6-7-8-10-20-16-23(30)25(22-15-19(4)11-12-21(22)18(2)3)24(17-20)31-26(28-5)29-14-9-13-27;4-2-1-3-5;1-5-2(3)4;1-2/h15-17,21-22,30H,2,6-14H2,1,3-5H3,(H,28,29);1-3,5H2;1H3;1H3/t21-,22+;;;/m0.../s1/i;;;1D. The second-order valence-corrected chi connectivity index (χ2v) is 12.4. The average molecular weight is 768 g/mol. The quantitative estimate of drug-likeness (QED) is 0.0494. The molecule has 1 aromatic carbocycles. The zero-order valence-electron chi connectivity index (χ0n) is 27.7. The minimum absolute atomic E-state index is 0. The summed E-state index contributed by atoms with van der Waals surface area (Å²) in [4.78, 5) is 7.64. The molecule has 2 atom stereocenters. The van der Waals surface area contributed by atoms with Crippen LogP contribution in [-0.4, -0.2) is 61.4 Å². The Morgan fingerprint density at radius 3 is 2.30 bits per heavy atom. The highest BCUT2D eigenvalue weighted by atomic mass is 79.9. The zero-order valence-corrected chi connectivity index (χ0v) is 31.4. The van der Waals surface area contributed by atoms with Gasteiger partial charge in [0, 0.05) is 44.2 Å². The number of alkyl halides is 2. The van der Waals surface area contributed by atoms with Gasteiger partial charge in [0.2, 0.25) is 0 Å². The SMILES string of the molecule is C=C(C)[C@@H]1CCC(C)=C[C@H]1c1c(O)cc(CCCCC)cc1OC(=NC)NCCCBr.CN=C(Cl)Cl.NCCCBr.[2H]C[B]. The Balaban J connectivity index is 0. The molecule has 0 bridgehead atoms. The van der Waals surface area contributed by atoms with Gasteiger partial charge in [-0.3, -0.25) is 4.99 Å². The van der Waals surface area contributed by atoms with Gasteiger partial charge in [0.25, 0.3) is 6.02 Å². The maximum absolute atomic E-state index is 11.2. The van der Waals surface area contributed by atoms with E-state index in [1.165, 1.54) is 25.5 Å². The van der Waals surface area contributed by atoms with Crippen LogP contribution in [0.1, 0.15) is 84.1 Å². The van der Waals surface area contributed by atoms with Crippen molar-refractivity contribution in [1.29, 1.82) is 0 Å². The summed E-state index contributed by atoms with van der Waals surface area (Å²) in [5.41, 5.74) is 9.54. The lowest BCUT2D eigenvalue weighted by atomic mass is 9.73. The summed E-state index contributed by atoms with van der Waals surface area (Å²) in [6.07, 6.45) is 10.8. The van der Waals surface area contributed by atoms with Gasteiger partial charge in [0.05, 0.1) is 7.85 Å². The minimum Gasteiger partial charge on any atom is -0.507 e. The Kier molecular flexibility index (Phi) is 27.8. The van der Waals surface area contributed by atoms with Crippen LogP contribution in [0.15, 0.2) is 45.9 Å². The summed E-state index contributed by atoms with van der Waals surface area (Å²) in [6.45, 7) is 12.3. The lowest BCUT2D eigenvalue weighted by Crippen LogP contribution is -2.30. The summed E-state index contributed by atoms with van der Waals surface area (Å²) >= 11 is 16.6. The van der Waals surface area contributed by atoms with Crippen LogP contribution < -0.4 is 15.8 Å². The summed E-state index contributed by atoms with van der Waals surface area (Å²) in [6, 6.07) is 4.50. The highest BCUT2D eigenvalue weighted by Gasteiger charge is 2.31. The third kappa shape index (κ3) is 19.9. The molecule has 4 N–H and O–H groups in total. The predicted octanol–water partition coefficient (Wildman–Crippen LogP) is 9.26. The van der Waals surface area contributed by atoms with Crippen LogP contribution in [0.4, 0.5) is 0 Å². The Bertz CT molecular complexity index is 1010. The topological polar surface area (TPSA) is 92.2 Å². The van der Waals surface area contributed by atoms with Gasteiger partial charge in [-0.05, 0) is 106 Å². The first-order valence-electron chi connectivity index (χ1n) is 15.4. The molecule has 0 amide bonds. The number of aryl methyl sites for hydroxylation is 1. The number of rotatable bonds is 12. The zero-order chi connectivity index (χ0) is 33.9. The highest BCUT2D eigenvalue weighted by Crippen LogP contribution is 2.47. The van der Waals surface area contributed by atoms with Crippen molar-refractivity contribution in [1.82, 2.24) is 5.32 Å². The van der Waals surface area contributed by atoms with Crippen molar-refractivity contribution < 1.29 is 11.2 Å². The molecule has 1 aliphatic carbocycles. The van der Waals surface area contributed by atoms with Gasteiger partial charge in [-0.15, -0.1) is 0 Å². The van der Waals surface area contributed by atoms with E-state index in [9.17, 15) is 5.11 Å². The number of aliphatic imine (C=N–C) groups is 2. The molecule has 0 aliphatic heterocycles. The molecule has 6 nitrogen and oxygen atoms in total. The van der Waals surface area contributed by atoms with Gasteiger partial charge in [0.1, 0.15) is 11.5 Å². The second kappa shape index (κ2) is 28.5. The van der Waals surface area contributed by atoms with E-state index < -0.39 is 0 Å². The highest BCUT2D eigenvalue weighted by molar-refractivity contribution is 9.09. The van der Waals surface area contributed by atoms with Gasteiger partial charge in [-0.25, -0.2) is 4.99 Å². The van der Waals surface area contributed by atoms with Crippen LogP contribution in [0.3, 0.4) is 0 Å². The second-order valence-electron chi connectivity index (χ2n) is 9.91. The molecule has 244 valence electrons. The predicted molar refractivity (Wildman–Crippen MR) is 200 cm³/mol. The molecule has 1 aliphatic rings. The number of ether oxygens (including phenoxy) is 1. The smallest absolute Gasteiger partial charge is 0.289 e. The molecular weight excluding hydrogens is 714 g/mol. The van der Waals surface area contributed by atoms with Crippen LogP contribution >= 0.6 is 55.1 Å². The van der Waals surface area contributed by atoms with Crippen molar-refractivity contribution in [2.45, 2.75) is 84.9 Å². The maximum atomic E-state index is 11.2. The first-order valence-corrected chi connectivity index (χ1v) is 17.7. The number of halogens is 4. The van der Waals surface area contributed by atoms with Crippen molar-refractivity contribution >= 4 is 73.6 Å². The van der Waals surface area contributed by atoms with Crippen LogP contribution in [0.25, 0.3) is 0 Å². The largest absolute Gasteiger partial charge is 0.507 e. The van der Waals surface area contributed by atoms with Gasteiger partial charge < -0.3 is 20.9 Å². The number of unbranched alkanes of at least 4 members (excludes halogenated alkanes) is 2. The molecule has 43 heavy (non-hydrogen) atoms. The molecule has 0 saturated heterocycles. The summed E-state index contributed by atoms with van der Waals surface area (Å²) in [5, 5.41) is 16.4. The minimum atomic E-state index is 0. The van der Waals surface area contributed by atoms with E-state index >= 15 is 0 Å². The molecular formula is C32H53BBr2Cl2N4O2. The van der Waals surface area contributed by atoms with Crippen molar-refractivity contribution in [3.05, 3.63) is 47.1 Å². The number of hydrogen-bond acceptors (Lipinski definition) is 5. The number of phenols is 1. The normalized spacial score (nSPS) is 16.0.